The van der Waals surface area contributed by atoms with Gasteiger partial charge in [-0.1, -0.05) is 11.6 Å². The van der Waals surface area contributed by atoms with Crippen LogP contribution in [0.2, 0.25) is 5.15 Å². The van der Waals surface area contributed by atoms with Crippen LogP contribution in [0.3, 0.4) is 0 Å². The average Bonchev–Trinajstić information content (AvgIpc) is 1.95. The zero-order chi connectivity index (χ0) is 7.56. The maximum Gasteiger partial charge on any atom is 0.171 e. The smallest absolute Gasteiger partial charge is 0.171 e. The standard InChI is InChI=1S/C6H4ClNO2/c7-6-5(10)2-1-4(3-9)8-6/h1-3,10H. The Morgan fingerprint density at radius 2 is 2.30 bits per heavy atom. The highest BCUT2D eigenvalue weighted by Gasteiger charge is 1.98. The molecule has 0 fully saturated rings. The molecule has 0 aliphatic carbocycles. The molecule has 0 aliphatic rings. The Kier molecular flexibility index (Phi) is 1.87. The summed E-state index contributed by atoms with van der Waals surface area (Å²) in [5, 5.41) is 8.78. The molecule has 0 aliphatic heterocycles. The topological polar surface area (TPSA) is 50.2 Å². The van der Waals surface area contributed by atoms with E-state index in [0.29, 0.717) is 6.29 Å². The number of hydrogen-bond acceptors (Lipinski definition) is 3. The summed E-state index contributed by atoms with van der Waals surface area (Å²) in [5.74, 6) is -0.118. The largest absolute Gasteiger partial charge is 0.505 e. The van der Waals surface area contributed by atoms with E-state index in [0.717, 1.165) is 0 Å². The molecular formula is C6H4ClNO2. The van der Waals surface area contributed by atoms with E-state index in [9.17, 15) is 4.79 Å². The molecule has 1 aromatic heterocycles. The van der Waals surface area contributed by atoms with E-state index >= 15 is 0 Å². The Bertz CT molecular complexity index is 262. The van der Waals surface area contributed by atoms with Gasteiger partial charge in [0.15, 0.2) is 17.2 Å². The van der Waals surface area contributed by atoms with Gasteiger partial charge in [0, 0.05) is 0 Å². The van der Waals surface area contributed by atoms with Gasteiger partial charge in [0.1, 0.15) is 5.69 Å². The lowest BCUT2D eigenvalue weighted by atomic mass is 10.4. The molecule has 0 radical (unpaired) electrons. The molecule has 0 atom stereocenters. The third kappa shape index (κ3) is 1.25. The van der Waals surface area contributed by atoms with Crippen LogP contribution in [0, 0.1) is 0 Å². The first-order valence-electron chi connectivity index (χ1n) is 2.54. The molecule has 1 aromatic rings. The Hall–Kier alpha value is -1.09. The van der Waals surface area contributed by atoms with Crippen molar-refractivity contribution in [1.82, 2.24) is 4.98 Å². The fourth-order valence-corrected chi connectivity index (χ4v) is 0.667. The molecule has 0 unspecified atom stereocenters. The SMILES string of the molecule is O=Cc1ccc(O)c(Cl)n1. The second kappa shape index (κ2) is 2.66. The van der Waals surface area contributed by atoms with Crippen LogP contribution in [0.1, 0.15) is 10.5 Å². The predicted octanol–water partition coefficient (Wildman–Crippen LogP) is 1.25. The summed E-state index contributed by atoms with van der Waals surface area (Å²) < 4.78 is 0. The van der Waals surface area contributed by atoms with E-state index in [-0.39, 0.29) is 16.6 Å². The summed E-state index contributed by atoms with van der Waals surface area (Å²) in [6, 6.07) is 2.70. The quantitative estimate of drug-likeness (QED) is 0.493. The van der Waals surface area contributed by atoms with E-state index < -0.39 is 0 Å². The van der Waals surface area contributed by atoms with Crippen molar-refractivity contribution in [3.8, 4) is 5.75 Å². The first kappa shape index (κ1) is 7.02. The van der Waals surface area contributed by atoms with Crippen LogP contribution in [-0.2, 0) is 0 Å². The van der Waals surface area contributed by atoms with Gasteiger partial charge >= 0.3 is 0 Å². The molecule has 0 bridgehead atoms. The van der Waals surface area contributed by atoms with Crippen molar-refractivity contribution in [1.29, 1.82) is 0 Å². The lowest BCUT2D eigenvalue weighted by Gasteiger charge is -1.93. The number of aldehydes is 1. The van der Waals surface area contributed by atoms with Crippen LogP contribution in [0.4, 0.5) is 0 Å². The van der Waals surface area contributed by atoms with Crippen molar-refractivity contribution in [3.63, 3.8) is 0 Å². The minimum Gasteiger partial charge on any atom is -0.505 e. The van der Waals surface area contributed by atoms with Gasteiger partial charge in [-0.2, -0.15) is 0 Å². The fraction of sp³-hybridized carbons (Fsp3) is 0. The predicted molar refractivity (Wildman–Crippen MR) is 36.3 cm³/mol. The normalized spacial score (nSPS) is 9.30. The summed E-state index contributed by atoms with van der Waals surface area (Å²) in [5.41, 5.74) is 0.211. The van der Waals surface area contributed by atoms with Gasteiger partial charge in [-0.05, 0) is 12.1 Å². The fourth-order valence-electron chi connectivity index (χ4n) is 0.507. The average molecular weight is 158 g/mol. The maximum absolute atomic E-state index is 10.1. The van der Waals surface area contributed by atoms with E-state index in [2.05, 4.69) is 4.98 Å². The third-order valence-electron chi connectivity index (χ3n) is 0.971. The number of carbonyl (C=O) groups excluding carboxylic acids is 1. The molecule has 0 aromatic carbocycles. The summed E-state index contributed by atoms with van der Waals surface area (Å²) in [7, 11) is 0. The van der Waals surface area contributed by atoms with Crippen molar-refractivity contribution in [2.24, 2.45) is 0 Å². The van der Waals surface area contributed by atoms with Gasteiger partial charge in [-0.3, -0.25) is 4.79 Å². The summed E-state index contributed by atoms with van der Waals surface area (Å²) in [6.07, 6.45) is 0.561. The molecule has 1 heterocycles. The number of pyridine rings is 1. The highest BCUT2D eigenvalue weighted by atomic mass is 35.5. The molecule has 3 nitrogen and oxygen atoms in total. The van der Waals surface area contributed by atoms with E-state index in [1.807, 2.05) is 0 Å². The van der Waals surface area contributed by atoms with Crippen molar-refractivity contribution in [3.05, 3.63) is 23.0 Å². The summed E-state index contributed by atoms with van der Waals surface area (Å²) >= 11 is 5.37. The number of rotatable bonds is 1. The van der Waals surface area contributed by atoms with Crippen LogP contribution >= 0.6 is 11.6 Å². The first-order valence-corrected chi connectivity index (χ1v) is 2.92. The lowest BCUT2D eigenvalue weighted by molar-refractivity contribution is 0.111. The molecule has 52 valence electrons. The van der Waals surface area contributed by atoms with Crippen LogP contribution in [0.5, 0.6) is 5.75 Å². The molecule has 0 saturated heterocycles. The van der Waals surface area contributed by atoms with Crippen LogP contribution < -0.4 is 0 Å². The molecule has 1 rings (SSSR count). The number of hydrogen-bond donors (Lipinski definition) is 1. The van der Waals surface area contributed by atoms with Crippen molar-refractivity contribution in [2.45, 2.75) is 0 Å². The van der Waals surface area contributed by atoms with Crippen LogP contribution in [-0.4, -0.2) is 16.4 Å². The Balaban J connectivity index is 3.16. The Morgan fingerprint density at radius 3 is 2.80 bits per heavy atom. The highest BCUT2D eigenvalue weighted by molar-refractivity contribution is 6.30. The lowest BCUT2D eigenvalue weighted by Crippen LogP contribution is -1.85. The second-order valence-electron chi connectivity index (χ2n) is 1.66. The van der Waals surface area contributed by atoms with Gasteiger partial charge in [-0.25, -0.2) is 4.98 Å². The van der Waals surface area contributed by atoms with Gasteiger partial charge in [0.25, 0.3) is 0 Å². The van der Waals surface area contributed by atoms with Crippen LogP contribution in [0.25, 0.3) is 0 Å². The number of carbonyl (C=O) groups is 1. The van der Waals surface area contributed by atoms with Crippen LogP contribution in [0.15, 0.2) is 12.1 Å². The van der Waals surface area contributed by atoms with E-state index in [4.69, 9.17) is 16.7 Å². The van der Waals surface area contributed by atoms with Crippen molar-refractivity contribution in [2.75, 3.05) is 0 Å². The number of nitrogens with zero attached hydrogens (tertiary/aromatic N) is 1. The molecule has 0 saturated carbocycles. The molecule has 4 heteroatoms. The minimum absolute atomic E-state index is 0.0513. The monoisotopic (exact) mass is 157 g/mol. The Labute approximate surface area is 62.3 Å². The highest BCUT2D eigenvalue weighted by Crippen LogP contribution is 2.18. The number of aromatic hydroxyl groups is 1. The number of aromatic nitrogens is 1. The molecule has 0 spiro atoms. The van der Waals surface area contributed by atoms with E-state index in [1.54, 1.807) is 0 Å². The molecule has 10 heavy (non-hydrogen) atoms. The first-order chi connectivity index (χ1) is 4.74. The Morgan fingerprint density at radius 1 is 1.60 bits per heavy atom. The zero-order valence-corrected chi connectivity index (χ0v) is 5.67. The van der Waals surface area contributed by atoms with Gasteiger partial charge in [0.05, 0.1) is 0 Å². The molecule has 0 amide bonds. The third-order valence-corrected chi connectivity index (χ3v) is 1.25. The number of halogens is 1. The summed E-state index contributed by atoms with van der Waals surface area (Å²) in [6.45, 7) is 0. The molecule has 1 N–H and O–H groups in total. The van der Waals surface area contributed by atoms with Crippen molar-refractivity contribution < 1.29 is 9.90 Å². The van der Waals surface area contributed by atoms with E-state index in [1.165, 1.54) is 12.1 Å². The second-order valence-corrected chi connectivity index (χ2v) is 2.02. The van der Waals surface area contributed by atoms with Gasteiger partial charge < -0.3 is 5.11 Å². The van der Waals surface area contributed by atoms with Gasteiger partial charge in [0.2, 0.25) is 0 Å². The molecular weight excluding hydrogens is 154 g/mol. The minimum atomic E-state index is -0.118. The summed E-state index contributed by atoms with van der Waals surface area (Å²) in [4.78, 5) is 13.6. The maximum atomic E-state index is 10.1. The van der Waals surface area contributed by atoms with Gasteiger partial charge in [-0.15, -0.1) is 0 Å². The zero-order valence-electron chi connectivity index (χ0n) is 4.91. The van der Waals surface area contributed by atoms with Crippen molar-refractivity contribution >= 4 is 17.9 Å².